The molecule has 0 spiro atoms. The quantitative estimate of drug-likeness (QED) is 0.632. The highest BCUT2D eigenvalue weighted by Crippen LogP contribution is 2.25. The molecule has 1 aliphatic carbocycles. The number of likely N-dealkylation sites (N-methyl/N-ethyl adjacent to an activating group) is 1. The molecule has 8 nitrogen and oxygen atoms in total. The van der Waals surface area contributed by atoms with E-state index in [9.17, 15) is 18.4 Å². The lowest BCUT2D eigenvalue weighted by atomic mass is 9.89. The minimum Gasteiger partial charge on any atom is -0.348 e. The number of amides is 2. The van der Waals surface area contributed by atoms with Crippen LogP contribution in [0.15, 0.2) is 24.4 Å². The first-order valence-corrected chi connectivity index (χ1v) is 10.9. The number of carbonyl (C=O) groups excluding carboxylic acids is 2. The number of carbonyl (C=O) groups is 2. The van der Waals surface area contributed by atoms with Gasteiger partial charge in [0.15, 0.2) is 0 Å². The molecule has 3 N–H and O–H groups in total. The summed E-state index contributed by atoms with van der Waals surface area (Å²) in [6, 6.07) is 3.76. The Balaban J connectivity index is 0.00000204. The first-order valence-electron chi connectivity index (χ1n) is 10.9. The van der Waals surface area contributed by atoms with E-state index in [2.05, 4.69) is 37.7 Å². The summed E-state index contributed by atoms with van der Waals surface area (Å²) in [6.07, 6.45) is 5.04. The molecule has 2 aliphatic rings. The van der Waals surface area contributed by atoms with Crippen molar-refractivity contribution in [2.24, 2.45) is 0 Å². The van der Waals surface area contributed by atoms with E-state index in [0.717, 1.165) is 64.0 Å². The molecular weight excluding hydrogens is 430 g/mol. The summed E-state index contributed by atoms with van der Waals surface area (Å²) in [5, 5.41) is 11.7. The van der Waals surface area contributed by atoms with Crippen LogP contribution >= 0.6 is 0 Å². The van der Waals surface area contributed by atoms with E-state index >= 15 is 0 Å². The molecule has 1 aromatic heterocycles. The van der Waals surface area contributed by atoms with Gasteiger partial charge in [-0.15, -0.1) is 0 Å². The fraction of sp³-hybridized carbons (Fsp3) is 0.522. The maximum atomic E-state index is 13.9. The van der Waals surface area contributed by atoms with Crippen LogP contribution in [0.3, 0.4) is 0 Å². The van der Waals surface area contributed by atoms with E-state index in [0.29, 0.717) is 6.04 Å². The van der Waals surface area contributed by atoms with Gasteiger partial charge in [-0.05, 0) is 44.9 Å². The molecule has 2 aromatic rings. The molecule has 0 bridgehead atoms. The lowest BCUT2D eigenvalue weighted by molar-refractivity contribution is 0.0789. The van der Waals surface area contributed by atoms with E-state index < -0.39 is 29.0 Å². The van der Waals surface area contributed by atoms with Gasteiger partial charge in [0.2, 0.25) is 0 Å². The van der Waals surface area contributed by atoms with Crippen LogP contribution in [0.1, 0.15) is 55.4 Å². The molecule has 1 aliphatic heterocycles. The minimum atomic E-state index is -0.983. The monoisotopic (exact) mass is 464 g/mol. The molecule has 0 unspecified atom stereocenters. The molecule has 10 heteroatoms. The lowest BCUT2D eigenvalue weighted by Gasteiger charge is -2.41. The average molecular weight is 465 g/mol. The first-order chi connectivity index (χ1) is 15.4. The number of rotatable bonds is 5. The summed E-state index contributed by atoms with van der Waals surface area (Å²) < 4.78 is 27.7. The van der Waals surface area contributed by atoms with Crippen molar-refractivity contribution in [3.8, 4) is 0 Å². The molecule has 1 saturated heterocycles. The Hall–Kier alpha value is -2.85. The Bertz CT molecular complexity index is 952. The molecule has 1 saturated carbocycles. The minimum absolute atomic E-state index is 0. The van der Waals surface area contributed by atoms with Crippen molar-refractivity contribution in [3.05, 3.63) is 47.3 Å². The van der Waals surface area contributed by atoms with Crippen LogP contribution in [0.5, 0.6) is 0 Å². The van der Waals surface area contributed by atoms with Crippen molar-refractivity contribution in [2.45, 2.75) is 45.2 Å². The van der Waals surface area contributed by atoms with Gasteiger partial charge in [-0.2, -0.15) is 5.10 Å². The third-order valence-electron chi connectivity index (χ3n) is 6.39. The third-order valence-corrected chi connectivity index (χ3v) is 6.39. The SMILES string of the molecule is C.CN1CCN(C2CCC(NC(=O)c3[nH]ncc3NC(=O)c3c(F)cccc3F)CC2)CC1.[HH]. The highest BCUT2D eigenvalue weighted by atomic mass is 19.1. The van der Waals surface area contributed by atoms with Crippen molar-refractivity contribution in [3.63, 3.8) is 0 Å². The summed E-state index contributed by atoms with van der Waals surface area (Å²) in [7, 11) is 2.14. The van der Waals surface area contributed by atoms with Crippen molar-refractivity contribution in [1.82, 2.24) is 25.3 Å². The maximum Gasteiger partial charge on any atom is 0.271 e. The molecule has 1 aromatic carbocycles. The summed E-state index contributed by atoms with van der Waals surface area (Å²) in [4.78, 5) is 30.0. The topological polar surface area (TPSA) is 93.4 Å². The number of anilines is 1. The number of hydrogen-bond acceptors (Lipinski definition) is 5. The predicted molar refractivity (Wildman–Crippen MR) is 124 cm³/mol. The second kappa shape index (κ2) is 10.8. The number of hydrogen-bond donors (Lipinski definition) is 3. The third kappa shape index (κ3) is 5.75. The Morgan fingerprint density at radius 2 is 1.70 bits per heavy atom. The number of benzene rings is 1. The number of piperazine rings is 1. The van der Waals surface area contributed by atoms with E-state index in [1.165, 1.54) is 12.3 Å². The zero-order valence-electron chi connectivity index (χ0n) is 18.0. The fourth-order valence-electron chi connectivity index (χ4n) is 4.48. The van der Waals surface area contributed by atoms with Crippen LogP contribution < -0.4 is 10.6 Å². The fourth-order valence-corrected chi connectivity index (χ4v) is 4.48. The summed E-state index contributed by atoms with van der Waals surface area (Å²) >= 11 is 0. The second-order valence-corrected chi connectivity index (χ2v) is 8.53. The van der Waals surface area contributed by atoms with E-state index in [1.807, 2.05) is 0 Å². The summed E-state index contributed by atoms with van der Waals surface area (Å²) in [5.74, 6) is -3.35. The van der Waals surface area contributed by atoms with Gasteiger partial charge in [0.1, 0.15) is 22.9 Å². The number of aromatic nitrogens is 2. The lowest BCUT2D eigenvalue weighted by Crippen LogP contribution is -2.51. The Morgan fingerprint density at radius 1 is 1.06 bits per heavy atom. The van der Waals surface area contributed by atoms with Gasteiger partial charge in [0.25, 0.3) is 11.8 Å². The smallest absolute Gasteiger partial charge is 0.271 e. The maximum absolute atomic E-state index is 13.9. The molecule has 182 valence electrons. The molecule has 4 rings (SSSR count). The second-order valence-electron chi connectivity index (χ2n) is 8.53. The predicted octanol–water partition coefficient (Wildman–Crippen LogP) is 3.11. The van der Waals surface area contributed by atoms with Gasteiger partial charge in [-0.1, -0.05) is 13.5 Å². The molecule has 33 heavy (non-hydrogen) atoms. The number of nitrogens with zero attached hydrogens (tertiary/aromatic N) is 3. The number of aromatic amines is 1. The number of H-pyrrole nitrogens is 1. The van der Waals surface area contributed by atoms with Crippen molar-refractivity contribution >= 4 is 17.5 Å². The van der Waals surface area contributed by atoms with Crippen molar-refractivity contribution in [1.29, 1.82) is 0 Å². The van der Waals surface area contributed by atoms with Crippen LogP contribution in [-0.2, 0) is 0 Å². The van der Waals surface area contributed by atoms with Gasteiger partial charge in [0, 0.05) is 39.7 Å². The number of halogens is 2. The van der Waals surface area contributed by atoms with E-state index in [1.54, 1.807) is 0 Å². The van der Waals surface area contributed by atoms with E-state index in [-0.39, 0.29) is 26.3 Å². The van der Waals surface area contributed by atoms with Crippen LogP contribution in [-0.4, -0.2) is 77.1 Å². The standard InChI is InChI=1S/C22H28F2N6O2.CH4.H2/c1-29-9-11-30(12-10-29)15-7-5-14(6-8-15)26-22(32)20-18(13-25-28-20)27-21(31)19-16(23)3-2-4-17(19)24;;/h2-4,13-15H,5-12H2,1H3,(H,25,28)(H,26,32)(H,27,31);1H4;1H. The van der Waals surface area contributed by atoms with Gasteiger partial charge in [-0.3, -0.25) is 19.6 Å². The molecular formula is C23H34F2N6O2. The highest BCUT2D eigenvalue weighted by molar-refractivity contribution is 6.08. The van der Waals surface area contributed by atoms with Gasteiger partial charge in [0.05, 0.1) is 11.9 Å². The summed E-state index contributed by atoms with van der Waals surface area (Å²) in [5.41, 5.74) is -0.583. The molecule has 0 radical (unpaired) electrons. The molecule has 2 amide bonds. The zero-order chi connectivity index (χ0) is 22.7. The highest BCUT2D eigenvalue weighted by Gasteiger charge is 2.29. The van der Waals surface area contributed by atoms with Crippen LogP contribution in [0.25, 0.3) is 0 Å². The van der Waals surface area contributed by atoms with Crippen LogP contribution in [0, 0.1) is 11.6 Å². The molecule has 2 heterocycles. The summed E-state index contributed by atoms with van der Waals surface area (Å²) in [6.45, 7) is 4.33. The van der Waals surface area contributed by atoms with Crippen molar-refractivity contribution < 1.29 is 19.8 Å². The van der Waals surface area contributed by atoms with Crippen LogP contribution in [0.2, 0.25) is 0 Å². The molecule has 2 fully saturated rings. The van der Waals surface area contributed by atoms with E-state index in [4.69, 9.17) is 0 Å². The van der Waals surface area contributed by atoms with Crippen LogP contribution in [0.4, 0.5) is 14.5 Å². The zero-order valence-corrected chi connectivity index (χ0v) is 18.0. The largest absolute Gasteiger partial charge is 0.348 e. The van der Waals surface area contributed by atoms with Gasteiger partial charge >= 0.3 is 0 Å². The Morgan fingerprint density at radius 3 is 2.33 bits per heavy atom. The normalized spacial score (nSPS) is 21.8. The average Bonchev–Trinajstić information content (AvgIpc) is 3.23. The Kier molecular flexibility index (Phi) is 8.15. The number of nitrogens with one attached hydrogen (secondary N) is 3. The first kappa shape index (κ1) is 24.8. The van der Waals surface area contributed by atoms with Gasteiger partial charge in [-0.25, -0.2) is 8.78 Å². The van der Waals surface area contributed by atoms with Crippen molar-refractivity contribution in [2.75, 3.05) is 38.5 Å². The van der Waals surface area contributed by atoms with Gasteiger partial charge < -0.3 is 15.5 Å². The molecule has 0 atom stereocenters. The Labute approximate surface area is 194 Å².